The molecule has 0 saturated carbocycles. The van der Waals surface area contributed by atoms with E-state index in [9.17, 15) is 14.0 Å². The lowest BCUT2D eigenvalue weighted by atomic mass is 10.1. The Labute approximate surface area is 129 Å². The molecule has 1 amide bonds. The van der Waals surface area contributed by atoms with Gasteiger partial charge < -0.3 is 14.5 Å². The molecular weight excluding hydrogens is 287 g/mol. The molecule has 2 rings (SSSR count). The topological polar surface area (TPSA) is 49.9 Å². The van der Waals surface area contributed by atoms with Crippen molar-refractivity contribution in [2.75, 3.05) is 31.1 Å². The van der Waals surface area contributed by atoms with Crippen LogP contribution in [0.2, 0.25) is 0 Å². The van der Waals surface area contributed by atoms with Gasteiger partial charge in [-0.3, -0.25) is 4.79 Å². The molecule has 1 aliphatic rings. The van der Waals surface area contributed by atoms with Crippen molar-refractivity contribution in [3.05, 3.63) is 29.6 Å². The number of benzene rings is 1. The van der Waals surface area contributed by atoms with Crippen molar-refractivity contribution in [1.29, 1.82) is 0 Å². The van der Waals surface area contributed by atoms with Crippen LogP contribution in [0.1, 0.15) is 31.1 Å². The zero-order valence-corrected chi connectivity index (χ0v) is 13.1. The molecule has 0 aliphatic carbocycles. The SMILES string of the molecule is CC(C)(C)OC(=O)N1CCN(c2cc(F)ccc2C=O)CC1. The molecule has 1 aliphatic heterocycles. The van der Waals surface area contributed by atoms with Gasteiger partial charge in [-0.2, -0.15) is 0 Å². The number of rotatable bonds is 2. The second-order valence-corrected chi connectivity index (χ2v) is 6.28. The molecule has 0 N–H and O–H groups in total. The van der Waals surface area contributed by atoms with Gasteiger partial charge in [0, 0.05) is 31.7 Å². The van der Waals surface area contributed by atoms with E-state index in [0.717, 1.165) is 6.29 Å². The van der Waals surface area contributed by atoms with Crippen LogP contribution >= 0.6 is 0 Å². The standard InChI is InChI=1S/C16H21FN2O3/c1-16(2,3)22-15(21)19-8-6-18(7-9-19)14-10-13(17)5-4-12(14)11-20/h4-5,10-11H,6-9H2,1-3H3. The van der Waals surface area contributed by atoms with Crippen LogP contribution in [-0.2, 0) is 4.74 Å². The van der Waals surface area contributed by atoms with Gasteiger partial charge in [-0.15, -0.1) is 0 Å². The highest BCUT2D eigenvalue weighted by Gasteiger charge is 2.26. The van der Waals surface area contributed by atoms with Crippen LogP contribution < -0.4 is 4.90 Å². The number of aldehydes is 1. The molecule has 5 nitrogen and oxygen atoms in total. The molecular formula is C16H21FN2O3. The molecule has 0 bridgehead atoms. The summed E-state index contributed by atoms with van der Waals surface area (Å²) in [7, 11) is 0. The van der Waals surface area contributed by atoms with Crippen molar-refractivity contribution in [2.24, 2.45) is 0 Å². The average molecular weight is 308 g/mol. The minimum atomic E-state index is -0.526. The van der Waals surface area contributed by atoms with Crippen molar-refractivity contribution in [3.63, 3.8) is 0 Å². The first-order chi connectivity index (χ1) is 10.3. The first-order valence-electron chi connectivity index (χ1n) is 7.28. The first-order valence-corrected chi connectivity index (χ1v) is 7.28. The molecule has 0 radical (unpaired) electrons. The Hall–Kier alpha value is -2.11. The number of carbonyl (C=O) groups is 2. The number of piperazine rings is 1. The number of carbonyl (C=O) groups excluding carboxylic acids is 2. The second kappa shape index (κ2) is 6.34. The van der Waals surface area contributed by atoms with E-state index in [1.165, 1.54) is 18.2 Å². The summed E-state index contributed by atoms with van der Waals surface area (Å²) in [6, 6.07) is 4.09. The molecule has 1 saturated heterocycles. The summed E-state index contributed by atoms with van der Waals surface area (Å²) in [5.74, 6) is -0.379. The third kappa shape index (κ3) is 3.96. The number of hydrogen-bond donors (Lipinski definition) is 0. The fourth-order valence-corrected chi connectivity index (χ4v) is 2.35. The van der Waals surface area contributed by atoms with Gasteiger partial charge in [-0.25, -0.2) is 9.18 Å². The summed E-state index contributed by atoms with van der Waals surface area (Å²) in [6.07, 6.45) is 0.372. The maximum absolute atomic E-state index is 13.4. The fraction of sp³-hybridized carbons (Fsp3) is 0.500. The average Bonchev–Trinajstić information content (AvgIpc) is 2.45. The Morgan fingerprint density at radius 1 is 1.23 bits per heavy atom. The summed E-state index contributed by atoms with van der Waals surface area (Å²) in [5.41, 5.74) is 0.493. The monoisotopic (exact) mass is 308 g/mol. The molecule has 0 atom stereocenters. The van der Waals surface area contributed by atoms with Gasteiger partial charge in [0.05, 0.1) is 5.69 Å². The van der Waals surface area contributed by atoms with Crippen molar-refractivity contribution >= 4 is 18.1 Å². The van der Waals surface area contributed by atoms with Crippen LogP contribution in [0.4, 0.5) is 14.9 Å². The summed E-state index contributed by atoms with van der Waals surface area (Å²) in [4.78, 5) is 26.6. The van der Waals surface area contributed by atoms with E-state index in [4.69, 9.17) is 4.74 Å². The molecule has 120 valence electrons. The van der Waals surface area contributed by atoms with E-state index < -0.39 is 5.60 Å². The van der Waals surface area contributed by atoms with E-state index in [0.29, 0.717) is 37.4 Å². The van der Waals surface area contributed by atoms with E-state index in [1.807, 2.05) is 25.7 Å². The maximum atomic E-state index is 13.4. The minimum absolute atomic E-state index is 0.345. The van der Waals surface area contributed by atoms with Crippen LogP contribution in [0.25, 0.3) is 0 Å². The first kappa shape index (κ1) is 16.3. The third-order valence-electron chi connectivity index (χ3n) is 3.39. The van der Waals surface area contributed by atoms with Crippen LogP contribution in [0.3, 0.4) is 0 Å². The number of anilines is 1. The Morgan fingerprint density at radius 2 is 1.86 bits per heavy atom. The van der Waals surface area contributed by atoms with Gasteiger partial charge in [-0.1, -0.05) is 0 Å². The summed E-state index contributed by atoms with van der Waals surface area (Å²) in [6.45, 7) is 7.49. The lowest BCUT2D eigenvalue weighted by molar-refractivity contribution is 0.0240. The Balaban J connectivity index is 2.02. The van der Waals surface area contributed by atoms with Gasteiger partial charge in [0.15, 0.2) is 6.29 Å². The van der Waals surface area contributed by atoms with Crippen molar-refractivity contribution in [1.82, 2.24) is 4.90 Å². The third-order valence-corrected chi connectivity index (χ3v) is 3.39. The molecule has 1 aromatic rings. The highest BCUT2D eigenvalue weighted by molar-refractivity contribution is 5.84. The Kier molecular flexibility index (Phi) is 4.68. The van der Waals surface area contributed by atoms with Gasteiger partial charge in [-0.05, 0) is 39.0 Å². The predicted molar refractivity (Wildman–Crippen MR) is 81.8 cm³/mol. The number of amides is 1. The molecule has 0 aromatic heterocycles. The van der Waals surface area contributed by atoms with Crippen molar-refractivity contribution in [2.45, 2.75) is 26.4 Å². The highest BCUT2D eigenvalue weighted by atomic mass is 19.1. The highest BCUT2D eigenvalue weighted by Crippen LogP contribution is 2.22. The molecule has 22 heavy (non-hydrogen) atoms. The maximum Gasteiger partial charge on any atom is 0.410 e. The lowest BCUT2D eigenvalue weighted by Gasteiger charge is -2.37. The Morgan fingerprint density at radius 3 is 2.41 bits per heavy atom. The largest absolute Gasteiger partial charge is 0.444 e. The van der Waals surface area contributed by atoms with Gasteiger partial charge in [0.2, 0.25) is 0 Å². The summed E-state index contributed by atoms with van der Waals surface area (Å²) >= 11 is 0. The molecule has 0 spiro atoms. The number of ether oxygens (including phenoxy) is 1. The van der Waals surface area contributed by atoms with Gasteiger partial charge in [0.1, 0.15) is 11.4 Å². The van der Waals surface area contributed by atoms with Crippen molar-refractivity contribution < 1.29 is 18.7 Å². The number of nitrogens with zero attached hydrogens (tertiary/aromatic N) is 2. The van der Waals surface area contributed by atoms with E-state index >= 15 is 0 Å². The van der Waals surface area contributed by atoms with E-state index in [-0.39, 0.29) is 11.9 Å². The zero-order chi connectivity index (χ0) is 16.3. The van der Waals surface area contributed by atoms with Crippen LogP contribution in [-0.4, -0.2) is 49.1 Å². The summed E-state index contributed by atoms with van der Waals surface area (Å²) < 4.78 is 18.7. The lowest BCUT2D eigenvalue weighted by Crippen LogP contribution is -2.50. The van der Waals surface area contributed by atoms with Crippen LogP contribution in [0.15, 0.2) is 18.2 Å². The smallest absolute Gasteiger partial charge is 0.410 e. The van der Waals surface area contributed by atoms with Crippen LogP contribution in [0, 0.1) is 5.82 Å². The van der Waals surface area contributed by atoms with Crippen LogP contribution in [0.5, 0.6) is 0 Å². The minimum Gasteiger partial charge on any atom is -0.444 e. The summed E-state index contributed by atoms with van der Waals surface area (Å²) in [5, 5.41) is 0. The number of hydrogen-bond acceptors (Lipinski definition) is 4. The molecule has 6 heteroatoms. The van der Waals surface area contributed by atoms with E-state index in [1.54, 1.807) is 4.90 Å². The normalized spacial score (nSPS) is 15.6. The van der Waals surface area contributed by atoms with E-state index in [2.05, 4.69) is 0 Å². The molecule has 1 heterocycles. The predicted octanol–water partition coefficient (Wildman–Crippen LogP) is 2.70. The molecule has 0 unspecified atom stereocenters. The number of halogens is 1. The Bertz CT molecular complexity index is 561. The van der Waals surface area contributed by atoms with Gasteiger partial charge in [0.25, 0.3) is 0 Å². The second-order valence-electron chi connectivity index (χ2n) is 6.28. The fourth-order valence-electron chi connectivity index (χ4n) is 2.35. The molecule has 1 aromatic carbocycles. The van der Waals surface area contributed by atoms with Gasteiger partial charge >= 0.3 is 6.09 Å². The quantitative estimate of drug-likeness (QED) is 0.788. The molecule has 1 fully saturated rings. The van der Waals surface area contributed by atoms with Crippen molar-refractivity contribution in [3.8, 4) is 0 Å². The zero-order valence-electron chi connectivity index (χ0n) is 13.1.